The largest absolute Gasteiger partial charge is 0.330 e. The van der Waals surface area contributed by atoms with E-state index in [1.165, 1.54) is 78.2 Å². The van der Waals surface area contributed by atoms with Gasteiger partial charge in [-0.1, -0.05) is 0 Å². The van der Waals surface area contributed by atoms with Crippen LogP contribution in [0.2, 0.25) is 0 Å². The fraction of sp³-hybridized carbons (Fsp3) is 1.00. The average molecular weight is 254 g/mol. The minimum absolute atomic E-state index is 0.829. The summed E-state index contributed by atoms with van der Waals surface area (Å²) in [4.78, 5) is 7.86. The molecule has 0 amide bonds. The summed E-state index contributed by atoms with van der Waals surface area (Å²) in [5.74, 6) is 0. The van der Waals surface area contributed by atoms with E-state index in [4.69, 9.17) is 5.73 Å². The van der Waals surface area contributed by atoms with Gasteiger partial charge in [-0.05, 0) is 65.0 Å². The summed E-state index contributed by atoms with van der Waals surface area (Å²) in [6.07, 6.45) is 5.29. The molecule has 18 heavy (non-hydrogen) atoms. The van der Waals surface area contributed by atoms with Crippen molar-refractivity contribution in [3.05, 3.63) is 0 Å². The summed E-state index contributed by atoms with van der Waals surface area (Å²) < 4.78 is 0. The molecule has 2 fully saturated rings. The Kier molecular flexibility index (Phi) is 6.41. The van der Waals surface area contributed by atoms with Crippen LogP contribution >= 0.6 is 0 Å². The molecule has 106 valence electrons. The Balaban J connectivity index is 1.61. The molecule has 0 saturated carbocycles. The molecular weight excluding hydrogens is 224 g/mol. The van der Waals surface area contributed by atoms with Crippen LogP contribution in [0.15, 0.2) is 0 Å². The van der Waals surface area contributed by atoms with Crippen molar-refractivity contribution in [3.8, 4) is 0 Å². The Hall–Kier alpha value is -0.160. The number of hydrogen-bond donors (Lipinski definition) is 1. The molecule has 2 aliphatic heterocycles. The molecular formula is C14H30N4. The SMILES string of the molecule is NCCCN1CCCN(CCN2CCCC2)CC1. The maximum Gasteiger partial charge on any atom is 0.0110 e. The molecule has 0 bridgehead atoms. The average Bonchev–Trinajstić information content (AvgIpc) is 2.80. The van der Waals surface area contributed by atoms with Gasteiger partial charge in [0.2, 0.25) is 0 Å². The van der Waals surface area contributed by atoms with Crippen molar-refractivity contribution in [2.45, 2.75) is 25.7 Å². The molecule has 2 N–H and O–H groups in total. The van der Waals surface area contributed by atoms with E-state index in [-0.39, 0.29) is 0 Å². The molecule has 0 unspecified atom stereocenters. The third-order valence-corrected chi connectivity index (χ3v) is 4.29. The smallest absolute Gasteiger partial charge is 0.0110 e. The quantitative estimate of drug-likeness (QED) is 0.746. The highest BCUT2D eigenvalue weighted by atomic mass is 15.2. The Bertz CT molecular complexity index is 216. The molecule has 2 saturated heterocycles. The van der Waals surface area contributed by atoms with Crippen molar-refractivity contribution >= 4 is 0 Å². The van der Waals surface area contributed by atoms with Gasteiger partial charge in [-0.15, -0.1) is 0 Å². The van der Waals surface area contributed by atoms with Crippen LogP contribution in [-0.2, 0) is 0 Å². The number of hydrogen-bond acceptors (Lipinski definition) is 4. The van der Waals surface area contributed by atoms with Crippen LogP contribution in [0, 0.1) is 0 Å². The highest BCUT2D eigenvalue weighted by Crippen LogP contribution is 2.08. The van der Waals surface area contributed by atoms with Crippen LogP contribution in [0.3, 0.4) is 0 Å². The number of nitrogens with two attached hydrogens (primary N) is 1. The fourth-order valence-corrected chi connectivity index (χ4v) is 3.08. The van der Waals surface area contributed by atoms with Gasteiger partial charge >= 0.3 is 0 Å². The van der Waals surface area contributed by atoms with Gasteiger partial charge in [-0.2, -0.15) is 0 Å². The van der Waals surface area contributed by atoms with Crippen LogP contribution in [0.4, 0.5) is 0 Å². The lowest BCUT2D eigenvalue weighted by Crippen LogP contribution is -2.36. The second-order valence-electron chi connectivity index (χ2n) is 5.73. The molecule has 0 aromatic rings. The predicted molar refractivity (Wildman–Crippen MR) is 76.8 cm³/mol. The van der Waals surface area contributed by atoms with Crippen molar-refractivity contribution in [2.75, 3.05) is 65.4 Å². The maximum absolute atomic E-state index is 5.59. The fourth-order valence-electron chi connectivity index (χ4n) is 3.08. The standard InChI is InChI=1S/C14H30N4/c15-5-3-8-17-9-4-10-18(14-12-17)13-11-16-6-1-2-7-16/h1-15H2. The van der Waals surface area contributed by atoms with E-state index < -0.39 is 0 Å². The van der Waals surface area contributed by atoms with Crippen LogP contribution in [-0.4, -0.2) is 80.1 Å². The molecule has 0 aromatic carbocycles. The molecule has 0 aliphatic carbocycles. The van der Waals surface area contributed by atoms with Gasteiger partial charge in [-0.25, -0.2) is 0 Å². The normalized spacial score (nSPS) is 24.5. The third-order valence-electron chi connectivity index (χ3n) is 4.29. The predicted octanol–water partition coefficient (Wildman–Crippen LogP) is 0.439. The second-order valence-corrected chi connectivity index (χ2v) is 5.73. The zero-order valence-corrected chi connectivity index (χ0v) is 11.8. The molecule has 0 atom stereocenters. The van der Waals surface area contributed by atoms with Crippen molar-refractivity contribution in [3.63, 3.8) is 0 Å². The summed E-state index contributed by atoms with van der Waals surface area (Å²) in [6, 6.07) is 0. The van der Waals surface area contributed by atoms with Gasteiger partial charge in [-0.3, -0.25) is 0 Å². The van der Waals surface area contributed by atoms with E-state index in [0.29, 0.717) is 0 Å². The third kappa shape index (κ3) is 4.84. The van der Waals surface area contributed by atoms with Crippen LogP contribution in [0.1, 0.15) is 25.7 Å². The summed E-state index contributed by atoms with van der Waals surface area (Å²) in [6.45, 7) is 12.3. The van der Waals surface area contributed by atoms with E-state index in [1.54, 1.807) is 0 Å². The van der Waals surface area contributed by atoms with E-state index in [2.05, 4.69) is 14.7 Å². The lowest BCUT2D eigenvalue weighted by atomic mass is 10.3. The first-order valence-electron chi connectivity index (χ1n) is 7.75. The lowest BCUT2D eigenvalue weighted by Gasteiger charge is -2.24. The molecule has 2 heterocycles. The topological polar surface area (TPSA) is 35.7 Å². The first kappa shape index (κ1) is 14.3. The monoisotopic (exact) mass is 254 g/mol. The lowest BCUT2D eigenvalue weighted by molar-refractivity contribution is 0.223. The maximum atomic E-state index is 5.59. The zero-order valence-electron chi connectivity index (χ0n) is 11.8. The molecule has 4 nitrogen and oxygen atoms in total. The highest BCUT2D eigenvalue weighted by molar-refractivity contribution is 4.73. The van der Waals surface area contributed by atoms with Crippen LogP contribution < -0.4 is 5.73 Å². The first-order valence-corrected chi connectivity index (χ1v) is 7.75. The van der Waals surface area contributed by atoms with Gasteiger partial charge in [0, 0.05) is 26.2 Å². The molecule has 2 rings (SSSR count). The Morgan fingerprint density at radius 1 is 0.611 bits per heavy atom. The molecule has 0 aromatic heterocycles. The second kappa shape index (κ2) is 8.10. The first-order chi connectivity index (χ1) is 8.88. The Morgan fingerprint density at radius 2 is 1.11 bits per heavy atom. The van der Waals surface area contributed by atoms with Gasteiger partial charge in [0.1, 0.15) is 0 Å². The summed E-state index contributed by atoms with van der Waals surface area (Å²) in [5, 5.41) is 0. The molecule has 4 heteroatoms. The van der Waals surface area contributed by atoms with E-state index in [0.717, 1.165) is 13.0 Å². The van der Waals surface area contributed by atoms with E-state index >= 15 is 0 Å². The molecule has 0 spiro atoms. The van der Waals surface area contributed by atoms with Crippen LogP contribution in [0.25, 0.3) is 0 Å². The zero-order chi connectivity index (χ0) is 12.6. The summed E-state index contributed by atoms with van der Waals surface area (Å²) in [5.41, 5.74) is 5.59. The van der Waals surface area contributed by atoms with Gasteiger partial charge in [0.25, 0.3) is 0 Å². The van der Waals surface area contributed by atoms with Crippen molar-refractivity contribution in [2.24, 2.45) is 5.73 Å². The highest BCUT2D eigenvalue weighted by Gasteiger charge is 2.16. The number of nitrogens with zero attached hydrogens (tertiary/aromatic N) is 3. The summed E-state index contributed by atoms with van der Waals surface area (Å²) >= 11 is 0. The molecule has 2 aliphatic rings. The number of likely N-dealkylation sites (tertiary alicyclic amines) is 1. The van der Waals surface area contributed by atoms with Gasteiger partial charge in [0.15, 0.2) is 0 Å². The summed E-state index contributed by atoms with van der Waals surface area (Å²) in [7, 11) is 0. The number of rotatable bonds is 6. The van der Waals surface area contributed by atoms with E-state index in [9.17, 15) is 0 Å². The van der Waals surface area contributed by atoms with Crippen LogP contribution in [0.5, 0.6) is 0 Å². The van der Waals surface area contributed by atoms with Crippen molar-refractivity contribution in [1.29, 1.82) is 0 Å². The van der Waals surface area contributed by atoms with E-state index in [1.807, 2.05) is 0 Å². The minimum Gasteiger partial charge on any atom is -0.330 e. The van der Waals surface area contributed by atoms with Gasteiger partial charge < -0.3 is 20.4 Å². The minimum atomic E-state index is 0.829. The Morgan fingerprint density at radius 3 is 1.72 bits per heavy atom. The van der Waals surface area contributed by atoms with Crippen molar-refractivity contribution < 1.29 is 0 Å². The van der Waals surface area contributed by atoms with Crippen molar-refractivity contribution in [1.82, 2.24) is 14.7 Å². The molecule has 0 radical (unpaired) electrons. The van der Waals surface area contributed by atoms with Gasteiger partial charge in [0.05, 0.1) is 0 Å². The Labute approximate surface area is 112 Å².